The van der Waals surface area contributed by atoms with Crippen molar-refractivity contribution in [1.82, 2.24) is 10.6 Å². The lowest BCUT2D eigenvalue weighted by Crippen LogP contribution is -2.51. The molecule has 19 heavy (non-hydrogen) atoms. The maximum atomic E-state index is 11.7. The molecular formula is C11H18N2O5S. The number of nitrogens with one attached hydrogen (secondary N) is 2. The Morgan fingerprint density at radius 3 is 2.79 bits per heavy atom. The van der Waals surface area contributed by atoms with Crippen molar-refractivity contribution in [3.63, 3.8) is 0 Å². The number of carbonyl (C=O) groups is 3. The summed E-state index contributed by atoms with van der Waals surface area (Å²) >= 11 is 1.29. The zero-order valence-corrected chi connectivity index (χ0v) is 11.7. The van der Waals surface area contributed by atoms with Crippen molar-refractivity contribution >= 4 is 29.5 Å². The van der Waals surface area contributed by atoms with Crippen molar-refractivity contribution in [1.29, 1.82) is 0 Å². The van der Waals surface area contributed by atoms with E-state index in [1.165, 1.54) is 18.9 Å². The average molecular weight is 290 g/mol. The van der Waals surface area contributed by atoms with Gasteiger partial charge in [0, 0.05) is 25.8 Å². The quantitative estimate of drug-likeness (QED) is 0.477. The normalized spacial score (nSPS) is 22.5. The van der Waals surface area contributed by atoms with Gasteiger partial charge in [-0.25, -0.2) is 4.79 Å². The molecule has 2 amide bonds. The summed E-state index contributed by atoms with van der Waals surface area (Å²) in [6.07, 6.45) is 0.0914. The molecule has 0 aliphatic carbocycles. The number of methoxy groups -OCH3 is 2. The molecule has 0 bridgehead atoms. The zero-order chi connectivity index (χ0) is 14.3. The first-order valence-corrected chi connectivity index (χ1v) is 6.88. The van der Waals surface area contributed by atoms with Gasteiger partial charge in [0.15, 0.2) is 0 Å². The highest BCUT2D eigenvalue weighted by Crippen LogP contribution is 2.21. The van der Waals surface area contributed by atoms with Crippen LogP contribution in [0.25, 0.3) is 0 Å². The Morgan fingerprint density at radius 1 is 1.47 bits per heavy atom. The van der Waals surface area contributed by atoms with E-state index < -0.39 is 17.3 Å². The van der Waals surface area contributed by atoms with Gasteiger partial charge in [-0.15, -0.1) is 11.8 Å². The Hall–Kier alpha value is -1.28. The van der Waals surface area contributed by atoms with Crippen LogP contribution in [0.3, 0.4) is 0 Å². The fourth-order valence-corrected chi connectivity index (χ4v) is 2.68. The summed E-state index contributed by atoms with van der Waals surface area (Å²) in [5.74, 6) is -0.576. The molecule has 0 radical (unpaired) electrons. The van der Waals surface area contributed by atoms with E-state index in [4.69, 9.17) is 4.74 Å². The third kappa shape index (κ3) is 5.07. The number of esters is 1. The van der Waals surface area contributed by atoms with Crippen LogP contribution in [-0.2, 0) is 23.9 Å². The zero-order valence-electron chi connectivity index (χ0n) is 10.9. The highest BCUT2D eigenvalue weighted by molar-refractivity contribution is 8.00. The van der Waals surface area contributed by atoms with Gasteiger partial charge in [-0.2, -0.15) is 0 Å². The van der Waals surface area contributed by atoms with E-state index in [2.05, 4.69) is 15.4 Å². The van der Waals surface area contributed by atoms with Gasteiger partial charge in [0.05, 0.1) is 19.0 Å². The second-order valence-electron chi connectivity index (χ2n) is 3.95. The number of carbonyl (C=O) groups excluding carboxylic acids is 3. The van der Waals surface area contributed by atoms with Crippen molar-refractivity contribution in [3.05, 3.63) is 0 Å². The van der Waals surface area contributed by atoms with Crippen molar-refractivity contribution in [2.45, 2.75) is 17.7 Å². The molecule has 1 rings (SSSR count). The van der Waals surface area contributed by atoms with E-state index in [1.807, 2.05) is 0 Å². The largest absolute Gasteiger partial charge is 0.467 e. The molecule has 0 unspecified atom stereocenters. The topological polar surface area (TPSA) is 93.7 Å². The van der Waals surface area contributed by atoms with Crippen LogP contribution in [0, 0.1) is 0 Å². The van der Waals surface area contributed by atoms with Crippen LogP contribution in [-0.4, -0.2) is 62.2 Å². The predicted molar refractivity (Wildman–Crippen MR) is 69.7 cm³/mol. The van der Waals surface area contributed by atoms with Crippen LogP contribution in [0.1, 0.15) is 6.42 Å². The van der Waals surface area contributed by atoms with E-state index in [0.29, 0.717) is 18.9 Å². The molecule has 0 saturated carbocycles. The fourth-order valence-electron chi connectivity index (χ4n) is 1.55. The fraction of sp³-hybridized carbons (Fsp3) is 0.727. The molecule has 1 aliphatic rings. The molecule has 0 aromatic rings. The minimum atomic E-state index is -0.629. The molecule has 2 atom stereocenters. The summed E-state index contributed by atoms with van der Waals surface area (Å²) in [6, 6.07) is -0.629. The Balaban J connectivity index is 2.35. The number of thioether (sulfide) groups is 1. The summed E-state index contributed by atoms with van der Waals surface area (Å²) in [5.41, 5.74) is 0. The Labute approximate surface area is 115 Å². The summed E-state index contributed by atoms with van der Waals surface area (Å²) < 4.78 is 9.37. The van der Waals surface area contributed by atoms with Crippen LogP contribution in [0.4, 0.5) is 0 Å². The van der Waals surface area contributed by atoms with E-state index in [0.717, 1.165) is 0 Å². The highest BCUT2D eigenvalue weighted by atomic mass is 32.2. The molecule has 1 aliphatic heterocycles. The Bertz CT molecular complexity index is 350. The minimum absolute atomic E-state index is 0.0914. The Morgan fingerprint density at radius 2 is 2.21 bits per heavy atom. The van der Waals surface area contributed by atoms with Crippen LogP contribution in [0.15, 0.2) is 0 Å². The highest BCUT2D eigenvalue weighted by Gasteiger charge is 2.33. The van der Waals surface area contributed by atoms with Crippen LogP contribution in [0.5, 0.6) is 0 Å². The standard InChI is InChI=1S/C11H18N2O5S/c1-17-4-3-12-9(14)5-8-10(15)13-7(6-19-8)11(16)18-2/h7-8H,3-6H2,1-2H3,(H,12,14)(H,13,15)/t7-,8-/m0/s1. The second-order valence-corrected chi connectivity index (χ2v) is 5.19. The molecule has 7 nitrogen and oxygen atoms in total. The molecule has 0 spiro atoms. The molecule has 1 fully saturated rings. The minimum Gasteiger partial charge on any atom is -0.467 e. The van der Waals surface area contributed by atoms with Gasteiger partial charge in [-0.1, -0.05) is 0 Å². The molecule has 1 saturated heterocycles. The third-order valence-corrected chi connectivity index (χ3v) is 3.87. The monoisotopic (exact) mass is 290 g/mol. The van der Waals surface area contributed by atoms with Gasteiger partial charge >= 0.3 is 5.97 Å². The predicted octanol–water partition coefficient (Wildman–Crippen LogP) is -1.09. The number of hydrogen-bond acceptors (Lipinski definition) is 6. The molecule has 1 heterocycles. The van der Waals surface area contributed by atoms with E-state index in [1.54, 1.807) is 7.11 Å². The lowest BCUT2D eigenvalue weighted by atomic mass is 10.2. The van der Waals surface area contributed by atoms with Crippen molar-refractivity contribution < 1.29 is 23.9 Å². The van der Waals surface area contributed by atoms with Gasteiger partial charge in [0.25, 0.3) is 0 Å². The summed E-state index contributed by atoms with van der Waals surface area (Å²) in [5, 5.41) is 4.73. The number of amides is 2. The van der Waals surface area contributed by atoms with Gasteiger partial charge in [0.2, 0.25) is 11.8 Å². The van der Waals surface area contributed by atoms with Crippen LogP contribution >= 0.6 is 11.8 Å². The maximum Gasteiger partial charge on any atom is 0.329 e. The molecule has 0 aromatic heterocycles. The van der Waals surface area contributed by atoms with Crippen LogP contribution in [0.2, 0.25) is 0 Å². The third-order valence-electron chi connectivity index (χ3n) is 2.56. The van der Waals surface area contributed by atoms with Crippen LogP contribution < -0.4 is 10.6 Å². The molecule has 8 heteroatoms. The average Bonchev–Trinajstić information content (AvgIpc) is 2.40. The molecular weight excluding hydrogens is 272 g/mol. The first-order valence-electron chi connectivity index (χ1n) is 5.84. The van der Waals surface area contributed by atoms with E-state index >= 15 is 0 Å². The summed E-state index contributed by atoms with van der Waals surface area (Å²) in [7, 11) is 2.82. The molecule has 2 N–H and O–H groups in total. The van der Waals surface area contributed by atoms with Gasteiger partial charge in [0.1, 0.15) is 6.04 Å². The summed E-state index contributed by atoms with van der Waals surface area (Å²) in [4.78, 5) is 34.6. The lowest BCUT2D eigenvalue weighted by molar-refractivity contribution is -0.144. The molecule has 108 valence electrons. The van der Waals surface area contributed by atoms with E-state index in [9.17, 15) is 14.4 Å². The molecule has 0 aromatic carbocycles. The summed E-state index contributed by atoms with van der Waals surface area (Å²) in [6.45, 7) is 0.847. The Kier molecular flexibility index (Phi) is 6.65. The van der Waals surface area contributed by atoms with Crippen molar-refractivity contribution in [3.8, 4) is 0 Å². The lowest BCUT2D eigenvalue weighted by Gasteiger charge is -2.26. The first-order chi connectivity index (χ1) is 9.08. The van der Waals surface area contributed by atoms with E-state index in [-0.39, 0.29) is 18.2 Å². The number of rotatable bonds is 6. The van der Waals surface area contributed by atoms with Crippen molar-refractivity contribution in [2.24, 2.45) is 0 Å². The van der Waals surface area contributed by atoms with Crippen molar-refractivity contribution in [2.75, 3.05) is 33.1 Å². The first kappa shape index (κ1) is 15.8. The number of hydrogen-bond donors (Lipinski definition) is 2. The SMILES string of the molecule is COCCNC(=O)C[C@@H]1SC[C@@H](C(=O)OC)NC1=O. The van der Waals surface area contributed by atoms with Gasteiger partial charge < -0.3 is 20.1 Å². The smallest absolute Gasteiger partial charge is 0.329 e. The second kappa shape index (κ2) is 8.00. The van der Waals surface area contributed by atoms with Gasteiger partial charge in [-0.05, 0) is 0 Å². The number of ether oxygens (including phenoxy) is 2. The van der Waals surface area contributed by atoms with Gasteiger partial charge in [-0.3, -0.25) is 9.59 Å². The maximum absolute atomic E-state index is 11.7.